The molecule has 0 bridgehead atoms. The number of nitrogens with zero attached hydrogens (tertiary/aromatic N) is 2. The van der Waals surface area contributed by atoms with E-state index in [2.05, 4.69) is 11.6 Å². The number of benzene rings is 3. The molecule has 1 saturated heterocycles. The number of carbonyl (C=O) groups excluding carboxylic acids is 2. The zero-order valence-electron chi connectivity index (χ0n) is 20.3. The van der Waals surface area contributed by atoms with E-state index in [4.69, 9.17) is 9.47 Å². The Kier molecular flexibility index (Phi) is 6.50. The highest BCUT2D eigenvalue weighted by Gasteiger charge is 2.48. The van der Waals surface area contributed by atoms with Crippen LogP contribution < -0.4 is 14.4 Å². The van der Waals surface area contributed by atoms with Gasteiger partial charge in [0, 0.05) is 5.56 Å². The zero-order chi connectivity index (χ0) is 26.1. The number of carbonyl (C=O) groups is 2. The average Bonchev–Trinajstić information content (AvgIpc) is 3.45. The first-order chi connectivity index (χ1) is 17.9. The van der Waals surface area contributed by atoms with E-state index in [9.17, 15) is 14.7 Å². The van der Waals surface area contributed by atoms with E-state index < -0.39 is 17.7 Å². The molecule has 7 nitrogen and oxygen atoms in total. The van der Waals surface area contributed by atoms with Gasteiger partial charge in [0.15, 0.2) is 5.13 Å². The molecule has 1 N–H and O–H groups in total. The maximum atomic E-state index is 13.5. The fourth-order valence-corrected chi connectivity index (χ4v) is 5.29. The molecule has 5 rings (SSSR count). The number of aryl methyl sites for hydroxylation is 1. The fraction of sp³-hybridized carbons (Fsp3) is 0.138. The van der Waals surface area contributed by atoms with Crippen LogP contribution in [0.15, 0.2) is 85.0 Å². The average molecular weight is 513 g/mol. The minimum Gasteiger partial charge on any atom is -0.507 e. The maximum absolute atomic E-state index is 13.5. The van der Waals surface area contributed by atoms with E-state index in [1.807, 2.05) is 25.1 Å². The number of anilines is 1. The highest BCUT2D eigenvalue weighted by Crippen LogP contribution is 2.45. The molecule has 3 aromatic carbocycles. The first-order valence-electron chi connectivity index (χ1n) is 11.6. The van der Waals surface area contributed by atoms with Gasteiger partial charge >= 0.3 is 5.91 Å². The SMILES string of the molecule is C=CCOc1cccc(C2C(=C(O)c3ccc(C)cc3)C(=O)C(=O)N2c2nc3ccc(OC)cc3s2)c1. The molecule has 1 aromatic heterocycles. The number of ether oxygens (including phenoxy) is 2. The van der Waals surface area contributed by atoms with E-state index in [1.165, 1.54) is 16.2 Å². The standard InChI is InChI=1S/C29H24N2O5S/c1-4-14-36-21-7-5-6-19(15-21)25-24(26(32)18-10-8-17(2)9-11-18)27(33)28(34)31(25)29-30-22-13-12-20(35-3)16-23(22)37-29/h4-13,15-16,25,32H,1,14H2,2-3H3. The number of amides is 1. The lowest BCUT2D eigenvalue weighted by Gasteiger charge is -2.23. The van der Waals surface area contributed by atoms with Gasteiger partial charge in [0.25, 0.3) is 5.78 Å². The fourth-order valence-electron chi connectivity index (χ4n) is 4.26. The van der Waals surface area contributed by atoms with Gasteiger partial charge in [-0.1, -0.05) is 66.0 Å². The third kappa shape index (κ3) is 4.47. The lowest BCUT2D eigenvalue weighted by atomic mass is 9.95. The molecule has 4 aromatic rings. The summed E-state index contributed by atoms with van der Waals surface area (Å²) in [6.45, 7) is 5.90. The van der Waals surface area contributed by atoms with Gasteiger partial charge in [-0.3, -0.25) is 14.5 Å². The van der Waals surface area contributed by atoms with Crippen LogP contribution in [0.5, 0.6) is 11.5 Å². The van der Waals surface area contributed by atoms with Crippen molar-refractivity contribution in [3.8, 4) is 11.5 Å². The van der Waals surface area contributed by atoms with E-state index in [0.29, 0.717) is 39.9 Å². The minimum atomic E-state index is -0.906. The third-order valence-corrected chi connectivity index (χ3v) is 7.12. The Morgan fingerprint density at radius 1 is 1.11 bits per heavy atom. The van der Waals surface area contributed by atoms with Crippen molar-refractivity contribution in [1.29, 1.82) is 0 Å². The lowest BCUT2D eigenvalue weighted by molar-refractivity contribution is -0.132. The zero-order valence-corrected chi connectivity index (χ0v) is 21.1. The van der Waals surface area contributed by atoms with Crippen molar-refractivity contribution >= 4 is 44.1 Å². The molecule has 1 unspecified atom stereocenters. The Hall–Kier alpha value is -4.43. The van der Waals surface area contributed by atoms with Crippen LogP contribution >= 0.6 is 11.3 Å². The number of fused-ring (bicyclic) bond motifs is 1. The molecule has 37 heavy (non-hydrogen) atoms. The van der Waals surface area contributed by atoms with Gasteiger partial charge in [0.2, 0.25) is 0 Å². The lowest BCUT2D eigenvalue weighted by Crippen LogP contribution is -2.29. The number of thiazole rings is 1. The van der Waals surface area contributed by atoms with Crippen LogP contribution in [-0.4, -0.2) is 35.5 Å². The molecule has 8 heteroatoms. The summed E-state index contributed by atoms with van der Waals surface area (Å²) in [5, 5.41) is 11.7. The van der Waals surface area contributed by atoms with Crippen molar-refractivity contribution in [2.45, 2.75) is 13.0 Å². The van der Waals surface area contributed by atoms with Crippen LogP contribution in [0, 0.1) is 6.92 Å². The highest BCUT2D eigenvalue weighted by molar-refractivity contribution is 7.22. The van der Waals surface area contributed by atoms with E-state index in [1.54, 1.807) is 61.7 Å². The van der Waals surface area contributed by atoms with Crippen molar-refractivity contribution in [3.63, 3.8) is 0 Å². The molecule has 1 aliphatic rings. The molecular formula is C29H24N2O5S. The van der Waals surface area contributed by atoms with Crippen LogP contribution in [-0.2, 0) is 9.59 Å². The predicted octanol–water partition coefficient (Wildman–Crippen LogP) is 5.80. The number of Topliss-reactive ketones (excluding diaryl/α,β-unsaturated/α-hetero) is 1. The summed E-state index contributed by atoms with van der Waals surface area (Å²) in [4.78, 5) is 32.9. The summed E-state index contributed by atoms with van der Waals surface area (Å²) in [7, 11) is 1.58. The van der Waals surface area contributed by atoms with Crippen molar-refractivity contribution in [3.05, 3.63) is 102 Å². The number of methoxy groups -OCH3 is 1. The number of aliphatic hydroxyl groups excluding tert-OH is 1. The summed E-state index contributed by atoms with van der Waals surface area (Å²) in [5.41, 5.74) is 2.72. The monoisotopic (exact) mass is 512 g/mol. The van der Waals surface area contributed by atoms with E-state index in [0.717, 1.165) is 10.3 Å². The Labute approximate surface area is 217 Å². The van der Waals surface area contributed by atoms with Gasteiger partial charge in [-0.15, -0.1) is 0 Å². The van der Waals surface area contributed by atoms with Gasteiger partial charge in [-0.25, -0.2) is 4.98 Å². The Morgan fingerprint density at radius 3 is 2.62 bits per heavy atom. The molecule has 0 radical (unpaired) electrons. The van der Waals surface area contributed by atoms with Crippen molar-refractivity contribution in [1.82, 2.24) is 4.98 Å². The molecule has 0 spiro atoms. The number of hydrogen-bond acceptors (Lipinski definition) is 7. The van der Waals surface area contributed by atoms with Crippen LogP contribution in [0.1, 0.15) is 22.7 Å². The van der Waals surface area contributed by atoms with Crippen molar-refractivity contribution in [2.75, 3.05) is 18.6 Å². The molecule has 0 saturated carbocycles. The largest absolute Gasteiger partial charge is 0.507 e. The summed E-state index contributed by atoms with van der Waals surface area (Å²) in [5.74, 6) is -0.578. The first kappa shape index (κ1) is 24.3. The van der Waals surface area contributed by atoms with Gasteiger partial charge in [0.1, 0.15) is 23.9 Å². The van der Waals surface area contributed by atoms with Crippen LogP contribution in [0.2, 0.25) is 0 Å². The number of aromatic nitrogens is 1. The number of ketones is 1. The molecule has 0 aliphatic carbocycles. The van der Waals surface area contributed by atoms with E-state index >= 15 is 0 Å². The minimum absolute atomic E-state index is 0.00781. The molecule has 1 atom stereocenters. The molecule has 2 heterocycles. The highest BCUT2D eigenvalue weighted by atomic mass is 32.1. The first-order valence-corrected chi connectivity index (χ1v) is 12.4. The second-order valence-electron chi connectivity index (χ2n) is 8.54. The number of hydrogen-bond donors (Lipinski definition) is 1. The second kappa shape index (κ2) is 9.91. The summed E-state index contributed by atoms with van der Waals surface area (Å²) in [6.07, 6.45) is 1.63. The number of aliphatic hydroxyl groups is 1. The summed E-state index contributed by atoms with van der Waals surface area (Å²) < 4.78 is 11.8. The van der Waals surface area contributed by atoms with Crippen LogP contribution in [0.3, 0.4) is 0 Å². The summed E-state index contributed by atoms with van der Waals surface area (Å²) in [6, 6.07) is 18.8. The summed E-state index contributed by atoms with van der Waals surface area (Å²) >= 11 is 1.27. The second-order valence-corrected chi connectivity index (χ2v) is 9.55. The molecule has 1 amide bonds. The Balaban J connectivity index is 1.70. The van der Waals surface area contributed by atoms with Gasteiger partial charge in [0.05, 0.1) is 28.9 Å². The van der Waals surface area contributed by atoms with Gasteiger partial charge in [-0.05, 0) is 42.8 Å². The quantitative estimate of drug-likeness (QED) is 0.146. The third-order valence-electron chi connectivity index (χ3n) is 6.10. The van der Waals surface area contributed by atoms with Gasteiger partial charge in [-0.2, -0.15) is 0 Å². The van der Waals surface area contributed by atoms with Crippen LogP contribution in [0.4, 0.5) is 5.13 Å². The smallest absolute Gasteiger partial charge is 0.301 e. The normalized spacial score (nSPS) is 16.8. The van der Waals surface area contributed by atoms with Gasteiger partial charge < -0.3 is 14.6 Å². The molecular weight excluding hydrogens is 488 g/mol. The maximum Gasteiger partial charge on any atom is 0.301 e. The van der Waals surface area contributed by atoms with E-state index in [-0.39, 0.29) is 11.3 Å². The molecule has 1 aliphatic heterocycles. The molecule has 1 fully saturated rings. The van der Waals surface area contributed by atoms with Crippen molar-refractivity contribution in [2.24, 2.45) is 0 Å². The predicted molar refractivity (Wildman–Crippen MR) is 144 cm³/mol. The topological polar surface area (TPSA) is 89.0 Å². The van der Waals surface area contributed by atoms with Crippen LogP contribution in [0.25, 0.3) is 16.0 Å². The Bertz CT molecular complexity index is 1550. The Morgan fingerprint density at radius 2 is 1.89 bits per heavy atom. The molecule has 186 valence electrons. The number of rotatable bonds is 7. The van der Waals surface area contributed by atoms with Crippen molar-refractivity contribution < 1.29 is 24.2 Å².